The van der Waals surface area contributed by atoms with Gasteiger partial charge in [-0.3, -0.25) is 9.69 Å². The Labute approximate surface area is 210 Å². The number of esters is 1. The van der Waals surface area contributed by atoms with Gasteiger partial charge in [0.2, 0.25) is 0 Å². The van der Waals surface area contributed by atoms with E-state index in [2.05, 4.69) is 72.5 Å². The molecule has 4 nitrogen and oxygen atoms in total. The number of benzene rings is 3. The molecule has 0 aromatic heterocycles. The average molecular weight is 474 g/mol. The smallest absolute Gasteiger partial charge is 0.307 e. The number of rotatable bonds is 12. The Morgan fingerprint density at radius 1 is 0.829 bits per heavy atom. The van der Waals surface area contributed by atoms with Gasteiger partial charge in [0.1, 0.15) is 5.60 Å². The Morgan fingerprint density at radius 3 is 1.94 bits per heavy atom. The highest BCUT2D eigenvalue weighted by atomic mass is 16.6. The third kappa shape index (κ3) is 9.31. The molecule has 0 heterocycles. The summed E-state index contributed by atoms with van der Waals surface area (Å²) in [4.78, 5) is 15.4. The van der Waals surface area contributed by atoms with Gasteiger partial charge in [-0.1, -0.05) is 91.0 Å². The fourth-order valence-corrected chi connectivity index (χ4v) is 4.24. The minimum atomic E-state index is -0.513. The number of nitrogens with zero attached hydrogens (tertiary/aromatic N) is 1. The van der Waals surface area contributed by atoms with Crippen molar-refractivity contribution in [1.29, 1.82) is 0 Å². The van der Waals surface area contributed by atoms with E-state index in [9.17, 15) is 4.79 Å². The first kappa shape index (κ1) is 26.7. The average Bonchev–Trinajstić information content (AvgIpc) is 2.85. The molecule has 0 amide bonds. The maximum absolute atomic E-state index is 12.9. The summed E-state index contributed by atoms with van der Waals surface area (Å²) in [6.45, 7) is 9.82. The van der Waals surface area contributed by atoms with Crippen molar-refractivity contribution >= 4 is 5.97 Å². The molecule has 0 aliphatic rings. The van der Waals surface area contributed by atoms with Gasteiger partial charge in [-0.05, 0) is 50.8 Å². The quantitative estimate of drug-likeness (QED) is 0.211. The molecular formula is C31H39NO3. The predicted molar refractivity (Wildman–Crippen MR) is 142 cm³/mol. The van der Waals surface area contributed by atoms with Crippen LogP contribution in [-0.4, -0.2) is 29.1 Å². The first-order valence-corrected chi connectivity index (χ1v) is 12.5. The number of hydrogen-bond donors (Lipinski definition) is 0. The lowest BCUT2D eigenvalue weighted by Gasteiger charge is -2.37. The molecule has 0 saturated heterocycles. The summed E-state index contributed by atoms with van der Waals surface area (Å²) in [5.74, 6) is -0.177. The summed E-state index contributed by atoms with van der Waals surface area (Å²) in [6, 6.07) is 31.2. The lowest BCUT2D eigenvalue weighted by molar-refractivity contribution is -0.156. The molecule has 0 N–H and O–H groups in total. The molecule has 0 unspecified atom stereocenters. The lowest BCUT2D eigenvalue weighted by atomic mass is 10.00. The van der Waals surface area contributed by atoms with Crippen molar-refractivity contribution in [3.8, 4) is 0 Å². The highest BCUT2D eigenvalue weighted by molar-refractivity contribution is 5.70. The van der Waals surface area contributed by atoms with Crippen LogP contribution in [0.3, 0.4) is 0 Å². The normalized spacial score (nSPS) is 13.4. The Morgan fingerprint density at radius 2 is 1.37 bits per heavy atom. The van der Waals surface area contributed by atoms with Crippen molar-refractivity contribution in [3.63, 3.8) is 0 Å². The molecule has 0 aliphatic heterocycles. The molecule has 0 radical (unpaired) electrons. The van der Waals surface area contributed by atoms with Crippen LogP contribution < -0.4 is 0 Å². The van der Waals surface area contributed by atoms with Crippen LogP contribution in [0.5, 0.6) is 0 Å². The Kier molecular flexibility index (Phi) is 10.1. The van der Waals surface area contributed by atoms with Gasteiger partial charge in [-0.2, -0.15) is 0 Å². The molecule has 3 aromatic carbocycles. The van der Waals surface area contributed by atoms with Crippen molar-refractivity contribution in [2.75, 3.05) is 6.61 Å². The monoisotopic (exact) mass is 473 g/mol. The molecule has 186 valence electrons. The lowest BCUT2D eigenvalue weighted by Crippen LogP contribution is -2.40. The summed E-state index contributed by atoms with van der Waals surface area (Å²) < 4.78 is 11.8. The van der Waals surface area contributed by atoms with Crippen LogP contribution in [0.2, 0.25) is 0 Å². The molecule has 4 heteroatoms. The zero-order chi connectivity index (χ0) is 25.1. The fraction of sp³-hybridized carbons (Fsp3) is 0.387. The van der Waals surface area contributed by atoms with E-state index in [0.29, 0.717) is 19.6 Å². The van der Waals surface area contributed by atoms with Gasteiger partial charge in [-0.25, -0.2) is 0 Å². The van der Waals surface area contributed by atoms with Crippen molar-refractivity contribution in [2.24, 2.45) is 0 Å². The molecule has 0 bridgehead atoms. The van der Waals surface area contributed by atoms with E-state index < -0.39 is 5.60 Å². The van der Waals surface area contributed by atoms with Crippen molar-refractivity contribution in [3.05, 3.63) is 108 Å². The van der Waals surface area contributed by atoms with Crippen LogP contribution in [0.1, 0.15) is 63.3 Å². The molecule has 3 aromatic rings. The number of carbonyl (C=O) groups is 1. The van der Waals surface area contributed by atoms with E-state index in [0.717, 1.165) is 18.5 Å². The molecule has 35 heavy (non-hydrogen) atoms. The molecule has 0 spiro atoms. The number of carbonyl (C=O) groups excluding carboxylic acids is 1. The van der Waals surface area contributed by atoms with Crippen LogP contribution in [0.4, 0.5) is 0 Å². The van der Waals surface area contributed by atoms with Crippen molar-refractivity contribution < 1.29 is 14.3 Å². The standard InChI is InChI=1S/C31H39NO3/c1-25(28-18-12-7-13-19-28)32(23-26-14-8-5-9-15-26)29(22-30(33)35-31(2,3)4)20-21-34-24-27-16-10-6-11-17-27/h5-19,25,29H,20-24H2,1-4H3/t25-,29-/m0/s1. The van der Waals surface area contributed by atoms with Crippen LogP contribution in [0.25, 0.3) is 0 Å². The molecule has 0 aliphatic carbocycles. The van der Waals surface area contributed by atoms with Gasteiger partial charge in [0.05, 0.1) is 13.0 Å². The summed E-state index contributed by atoms with van der Waals surface area (Å²) >= 11 is 0. The molecule has 0 saturated carbocycles. The number of ether oxygens (including phenoxy) is 2. The fourth-order valence-electron chi connectivity index (χ4n) is 4.24. The predicted octanol–water partition coefficient (Wildman–Crippen LogP) is 6.96. The van der Waals surface area contributed by atoms with Crippen molar-refractivity contribution in [2.45, 2.75) is 71.4 Å². The second-order valence-corrected chi connectivity index (χ2v) is 10.0. The minimum absolute atomic E-state index is 0.0314. The van der Waals surface area contributed by atoms with E-state index in [1.807, 2.05) is 51.1 Å². The third-order valence-electron chi connectivity index (χ3n) is 5.99. The maximum Gasteiger partial charge on any atom is 0.307 e. The maximum atomic E-state index is 12.9. The highest BCUT2D eigenvalue weighted by Gasteiger charge is 2.29. The second kappa shape index (κ2) is 13.2. The molecule has 3 rings (SSSR count). The van der Waals surface area contributed by atoms with Gasteiger partial charge < -0.3 is 9.47 Å². The third-order valence-corrected chi connectivity index (χ3v) is 5.99. The Hall–Kier alpha value is -2.95. The SMILES string of the molecule is C[C@@H](c1ccccc1)N(Cc1ccccc1)[C@@H](CCOCc1ccccc1)CC(=O)OC(C)(C)C. The van der Waals surface area contributed by atoms with Gasteiger partial charge in [0.15, 0.2) is 0 Å². The van der Waals surface area contributed by atoms with E-state index in [1.165, 1.54) is 11.1 Å². The zero-order valence-electron chi connectivity index (χ0n) is 21.5. The van der Waals surface area contributed by atoms with Crippen LogP contribution >= 0.6 is 0 Å². The zero-order valence-corrected chi connectivity index (χ0v) is 21.5. The van der Waals surface area contributed by atoms with Crippen LogP contribution in [-0.2, 0) is 27.4 Å². The molecule has 0 fully saturated rings. The van der Waals surface area contributed by atoms with E-state index in [-0.39, 0.29) is 18.1 Å². The van der Waals surface area contributed by atoms with Crippen molar-refractivity contribution in [1.82, 2.24) is 4.90 Å². The largest absolute Gasteiger partial charge is 0.460 e. The summed E-state index contributed by atoms with van der Waals surface area (Å²) in [7, 11) is 0. The van der Waals surface area contributed by atoms with E-state index in [1.54, 1.807) is 0 Å². The summed E-state index contributed by atoms with van der Waals surface area (Å²) in [6.07, 6.45) is 1.05. The topological polar surface area (TPSA) is 38.8 Å². The molecule has 2 atom stereocenters. The number of hydrogen-bond acceptors (Lipinski definition) is 4. The summed E-state index contributed by atoms with van der Waals surface area (Å²) in [5, 5.41) is 0. The first-order chi connectivity index (χ1) is 16.8. The van der Waals surface area contributed by atoms with Crippen LogP contribution in [0.15, 0.2) is 91.0 Å². The van der Waals surface area contributed by atoms with Gasteiger partial charge in [0.25, 0.3) is 0 Å². The van der Waals surface area contributed by atoms with Gasteiger partial charge >= 0.3 is 5.97 Å². The first-order valence-electron chi connectivity index (χ1n) is 12.5. The highest BCUT2D eigenvalue weighted by Crippen LogP contribution is 2.28. The minimum Gasteiger partial charge on any atom is -0.460 e. The van der Waals surface area contributed by atoms with Gasteiger partial charge in [0, 0.05) is 25.2 Å². The van der Waals surface area contributed by atoms with E-state index >= 15 is 0 Å². The van der Waals surface area contributed by atoms with Gasteiger partial charge in [-0.15, -0.1) is 0 Å². The summed E-state index contributed by atoms with van der Waals surface area (Å²) in [5.41, 5.74) is 3.08. The molecular weight excluding hydrogens is 434 g/mol. The van der Waals surface area contributed by atoms with Crippen LogP contribution in [0, 0.1) is 0 Å². The Balaban J connectivity index is 1.80. The second-order valence-electron chi connectivity index (χ2n) is 10.0. The van der Waals surface area contributed by atoms with E-state index in [4.69, 9.17) is 9.47 Å². The Bertz CT molecular complexity index is 1000.